The third kappa shape index (κ3) is 9.43. The Morgan fingerprint density at radius 1 is 0.857 bits per heavy atom. The van der Waals surface area contributed by atoms with Crippen molar-refractivity contribution in [2.24, 2.45) is 5.92 Å². The summed E-state index contributed by atoms with van der Waals surface area (Å²) in [6, 6.07) is 0. The number of carbonyl (C=O) groups excluding carboxylic acids is 2. The highest BCUT2D eigenvalue weighted by atomic mass is 19.1. The Balaban J connectivity index is 4.21. The van der Waals surface area contributed by atoms with Crippen molar-refractivity contribution in [3.8, 4) is 0 Å². The van der Waals surface area contributed by atoms with Crippen molar-refractivity contribution in [3.63, 3.8) is 0 Å². The first-order chi connectivity index (χ1) is 10.1. The zero-order valence-electron chi connectivity index (χ0n) is 13.5. The zero-order valence-corrected chi connectivity index (χ0v) is 13.5. The van der Waals surface area contributed by atoms with Crippen molar-refractivity contribution in [2.75, 3.05) is 13.2 Å². The predicted molar refractivity (Wildman–Crippen MR) is 79.6 cm³/mol. The minimum atomic E-state index is -1.00. The van der Waals surface area contributed by atoms with Crippen LogP contribution in [-0.4, -0.2) is 31.3 Å². The maximum atomic E-state index is 13.8. The van der Waals surface area contributed by atoms with E-state index < -0.39 is 24.0 Å². The van der Waals surface area contributed by atoms with E-state index in [1.807, 2.05) is 0 Å². The summed E-state index contributed by atoms with van der Waals surface area (Å²) >= 11 is 0. The van der Waals surface area contributed by atoms with E-state index in [1.54, 1.807) is 13.8 Å². The molecular formula is C16H29FO4. The molecule has 0 aromatic rings. The first-order valence-corrected chi connectivity index (χ1v) is 8.04. The standard InChI is InChI=1S/C16H29FO4/c1-4-7-8-9-10-13(17)11-12-14(15(18)20-5-2)16(19)21-6-3/h13-14H,4-12H2,1-3H3. The van der Waals surface area contributed by atoms with Crippen LogP contribution in [0.1, 0.15) is 65.7 Å². The van der Waals surface area contributed by atoms with Gasteiger partial charge in [0.25, 0.3) is 0 Å². The highest BCUT2D eigenvalue weighted by molar-refractivity contribution is 5.94. The summed E-state index contributed by atoms with van der Waals surface area (Å²) in [5.41, 5.74) is 0. The van der Waals surface area contributed by atoms with Crippen molar-refractivity contribution in [1.82, 2.24) is 0 Å². The number of unbranched alkanes of at least 4 members (excludes halogenated alkanes) is 3. The van der Waals surface area contributed by atoms with Crippen LogP contribution in [-0.2, 0) is 19.1 Å². The molecule has 0 amide bonds. The van der Waals surface area contributed by atoms with Gasteiger partial charge >= 0.3 is 11.9 Å². The van der Waals surface area contributed by atoms with E-state index in [1.165, 1.54) is 0 Å². The molecule has 0 aliphatic carbocycles. The number of halogens is 1. The van der Waals surface area contributed by atoms with Gasteiger partial charge in [-0.2, -0.15) is 0 Å². The van der Waals surface area contributed by atoms with Crippen molar-refractivity contribution >= 4 is 11.9 Å². The van der Waals surface area contributed by atoms with E-state index in [4.69, 9.17) is 9.47 Å². The summed E-state index contributed by atoms with van der Waals surface area (Å²) in [4.78, 5) is 23.5. The molecule has 0 N–H and O–H groups in total. The summed E-state index contributed by atoms with van der Waals surface area (Å²) in [5.74, 6) is -2.23. The minimum absolute atomic E-state index is 0.145. The Labute approximate surface area is 127 Å². The van der Waals surface area contributed by atoms with E-state index >= 15 is 0 Å². The lowest BCUT2D eigenvalue weighted by Gasteiger charge is -2.15. The summed E-state index contributed by atoms with van der Waals surface area (Å²) < 4.78 is 23.5. The molecule has 0 bridgehead atoms. The van der Waals surface area contributed by atoms with Crippen molar-refractivity contribution in [3.05, 3.63) is 0 Å². The van der Waals surface area contributed by atoms with Crippen LogP contribution in [0.25, 0.3) is 0 Å². The fourth-order valence-corrected chi connectivity index (χ4v) is 2.10. The number of ether oxygens (including phenoxy) is 2. The van der Waals surface area contributed by atoms with Gasteiger partial charge in [0, 0.05) is 0 Å². The molecule has 1 atom stereocenters. The van der Waals surface area contributed by atoms with E-state index in [-0.39, 0.29) is 26.1 Å². The molecular weight excluding hydrogens is 275 g/mol. The van der Waals surface area contributed by atoms with Crippen LogP contribution in [0.5, 0.6) is 0 Å². The Bertz CT molecular complexity index is 276. The van der Waals surface area contributed by atoms with Gasteiger partial charge in [0.05, 0.1) is 13.2 Å². The fraction of sp³-hybridized carbons (Fsp3) is 0.875. The Kier molecular flexibility index (Phi) is 11.9. The molecule has 0 aromatic carbocycles. The lowest BCUT2D eigenvalue weighted by atomic mass is 9.99. The maximum Gasteiger partial charge on any atom is 0.320 e. The van der Waals surface area contributed by atoms with Gasteiger partial charge in [0.15, 0.2) is 5.92 Å². The number of hydrogen-bond acceptors (Lipinski definition) is 4. The van der Waals surface area contributed by atoms with Gasteiger partial charge in [0.1, 0.15) is 6.17 Å². The lowest BCUT2D eigenvalue weighted by Crippen LogP contribution is -2.28. The molecule has 0 aromatic heterocycles. The van der Waals surface area contributed by atoms with Gasteiger partial charge in [0.2, 0.25) is 0 Å². The molecule has 0 spiro atoms. The minimum Gasteiger partial charge on any atom is -0.465 e. The topological polar surface area (TPSA) is 52.6 Å². The first kappa shape index (κ1) is 19.9. The van der Waals surface area contributed by atoms with Crippen LogP contribution in [0.3, 0.4) is 0 Å². The molecule has 0 heterocycles. The quantitative estimate of drug-likeness (QED) is 0.312. The van der Waals surface area contributed by atoms with Gasteiger partial charge in [-0.05, 0) is 33.1 Å². The third-order valence-electron chi connectivity index (χ3n) is 3.28. The lowest BCUT2D eigenvalue weighted by molar-refractivity contribution is -0.162. The first-order valence-electron chi connectivity index (χ1n) is 8.04. The van der Waals surface area contributed by atoms with Crippen molar-refractivity contribution in [1.29, 1.82) is 0 Å². The number of hydrogen-bond donors (Lipinski definition) is 0. The summed E-state index contributed by atoms with van der Waals surface area (Å²) in [7, 11) is 0. The van der Waals surface area contributed by atoms with Crippen LogP contribution >= 0.6 is 0 Å². The predicted octanol–water partition coefficient (Wildman–Crippen LogP) is 3.82. The highest BCUT2D eigenvalue weighted by Gasteiger charge is 2.30. The summed E-state index contributed by atoms with van der Waals surface area (Å²) in [5, 5.41) is 0. The molecule has 0 rings (SSSR count). The third-order valence-corrected chi connectivity index (χ3v) is 3.28. The van der Waals surface area contributed by atoms with E-state index in [2.05, 4.69) is 6.92 Å². The molecule has 0 saturated heterocycles. The van der Waals surface area contributed by atoms with Crippen LogP contribution < -0.4 is 0 Å². The highest BCUT2D eigenvalue weighted by Crippen LogP contribution is 2.18. The number of carbonyl (C=O) groups is 2. The molecule has 0 fully saturated rings. The second kappa shape index (κ2) is 12.6. The molecule has 5 heteroatoms. The summed E-state index contributed by atoms with van der Waals surface area (Å²) in [6.07, 6.45) is 3.94. The molecule has 1 unspecified atom stereocenters. The van der Waals surface area contributed by atoms with Crippen LogP contribution in [0.2, 0.25) is 0 Å². The Hall–Kier alpha value is -1.13. The molecule has 0 saturated carbocycles. The van der Waals surface area contributed by atoms with Crippen LogP contribution in [0, 0.1) is 5.92 Å². The normalized spacial score (nSPS) is 12.2. The number of alkyl halides is 1. The second-order valence-electron chi connectivity index (χ2n) is 5.08. The average Bonchev–Trinajstić information content (AvgIpc) is 2.44. The average molecular weight is 304 g/mol. The van der Waals surface area contributed by atoms with Gasteiger partial charge < -0.3 is 9.47 Å². The van der Waals surface area contributed by atoms with Gasteiger partial charge in [-0.3, -0.25) is 9.59 Å². The number of esters is 2. The van der Waals surface area contributed by atoms with Gasteiger partial charge in [-0.25, -0.2) is 4.39 Å². The smallest absolute Gasteiger partial charge is 0.320 e. The molecule has 0 aliphatic heterocycles. The molecule has 21 heavy (non-hydrogen) atoms. The maximum absolute atomic E-state index is 13.8. The van der Waals surface area contributed by atoms with E-state index in [0.29, 0.717) is 6.42 Å². The Morgan fingerprint density at radius 3 is 1.90 bits per heavy atom. The molecule has 0 radical (unpaired) electrons. The van der Waals surface area contributed by atoms with Crippen LogP contribution in [0.4, 0.5) is 4.39 Å². The number of rotatable bonds is 12. The largest absolute Gasteiger partial charge is 0.465 e. The molecule has 124 valence electrons. The molecule has 4 nitrogen and oxygen atoms in total. The van der Waals surface area contributed by atoms with Gasteiger partial charge in [-0.1, -0.05) is 32.6 Å². The van der Waals surface area contributed by atoms with Crippen LogP contribution in [0.15, 0.2) is 0 Å². The zero-order chi connectivity index (χ0) is 16.1. The molecule has 0 aliphatic rings. The van der Waals surface area contributed by atoms with Gasteiger partial charge in [-0.15, -0.1) is 0 Å². The SMILES string of the molecule is CCCCCCC(F)CCC(C(=O)OCC)C(=O)OCC. The van der Waals surface area contributed by atoms with E-state index in [0.717, 1.165) is 25.7 Å². The monoisotopic (exact) mass is 304 g/mol. The van der Waals surface area contributed by atoms with Crippen molar-refractivity contribution in [2.45, 2.75) is 71.9 Å². The van der Waals surface area contributed by atoms with E-state index in [9.17, 15) is 14.0 Å². The summed E-state index contributed by atoms with van der Waals surface area (Å²) in [6.45, 7) is 5.85. The second-order valence-corrected chi connectivity index (χ2v) is 5.08. The fourth-order valence-electron chi connectivity index (χ4n) is 2.10. The van der Waals surface area contributed by atoms with Crippen molar-refractivity contribution < 1.29 is 23.5 Å². The Morgan fingerprint density at radius 2 is 1.43 bits per heavy atom.